The third-order valence-corrected chi connectivity index (χ3v) is 4.68. The van der Waals surface area contributed by atoms with E-state index in [2.05, 4.69) is 33.9 Å². The van der Waals surface area contributed by atoms with Gasteiger partial charge in [0.1, 0.15) is 5.69 Å². The largest absolute Gasteiger partial charge is 0.349 e. The van der Waals surface area contributed by atoms with Gasteiger partial charge in [-0.2, -0.15) is 0 Å². The Kier molecular flexibility index (Phi) is 4.62. The predicted octanol–water partition coefficient (Wildman–Crippen LogP) is 2.85. The zero-order chi connectivity index (χ0) is 15.4. The number of nitrogens with one attached hydrogen (secondary N) is 3. The summed E-state index contributed by atoms with van der Waals surface area (Å²) in [5, 5.41) is 10.6. The Morgan fingerprint density at radius 1 is 1.36 bits per heavy atom. The van der Waals surface area contributed by atoms with E-state index in [1.165, 1.54) is 32.1 Å². The van der Waals surface area contributed by atoms with Crippen molar-refractivity contribution in [1.82, 2.24) is 15.6 Å². The van der Waals surface area contributed by atoms with E-state index in [0.717, 1.165) is 30.1 Å². The summed E-state index contributed by atoms with van der Waals surface area (Å²) in [5.41, 5.74) is 2.00. The summed E-state index contributed by atoms with van der Waals surface area (Å²) in [6, 6.07) is 4.51. The van der Waals surface area contributed by atoms with Crippen LogP contribution in [0.25, 0.3) is 0 Å². The van der Waals surface area contributed by atoms with Crippen molar-refractivity contribution in [3.8, 4) is 0 Å². The lowest BCUT2D eigenvalue weighted by molar-refractivity contribution is 0.327. The van der Waals surface area contributed by atoms with Crippen LogP contribution in [0.3, 0.4) is 0 Å². The Morgan fingerprint density at radius 3 is 2.91 bits per heavy atom. The van der Waals surface area contributed by atoms with Crippen LogP contribution in [0.2, 0.25) is 0 Å². The Hall–Kier alpha value is -1.62. The maximum atomic E-state index is 4.99. The van der Waals surface area contributed by atoms with Gasteiger partial charge in [-0.25, -0.2) is 0 Å². The molecule has 1 unspecified atom stereocenters. The molecular formula is C17H27N5. The van der Waals surface area contributed by atoms with Crippen molar-refractivity contribution in [2.45, 2.75) is 63.7 Å². The Bertz CT molecular complexity index is 536. The predicted molar refractivity (Wildman–Crippen MR) is 91.1 cm³/mol. The molecule has 120 valence electrons. The Balaban J connectivity index is 1.93. The summed E-state index contributed by atoms with van der Waals surface area (Å²) >= 11 is 0. The lowest BCUT2D eigenvalue weighted by atomic mass is 10.1. The van der Waals surface area contributed by atoms with Gasteiger partial charge in [-0.3, -0.25) is 15.3 Å². The fraction of sp³-hybridized carbons (Fsp3) is 0.647. The minimum atomic E-state index is -0.330. The summed E-state index contributed by atoms with van der Waals surface area (Å²) < 4.78 is 0. The summed E-state index contributed by atoms with van der Waals surface area (Å²) in [7, 11) is 1.99. The van der Waals surface area contributed by atoms with Crippen LogP contribution in [-0.2, 0) is 0 Å². The molecule has 2 aliphatic rings. The molecule has 1 atom stereocenters. The zero-order valence-corrected chi connectivity index (χ0v) is 13.7. The maximum Gasteiger partial charge on any atom is 0.165 e. The number of aromatic nitrogens is 1. The van der Waals surface area contributed by atoms with Crippen LogP contribution in [0.5, 0.6) is 0 Å². The minimum Gasteiger partial charge on any atom is -0.349 e. The molecule has 0 amide bonds. The molecule has 1 fully saturated rings. The van der Waals surface area contributed by atoms with E-state index in [9.17, 15) is 0 Å². The second kappa shape index (κ2) is 6.65. The Labute approximate surface area is 133 Å². The molecule has 5 nitrogen and oxygen atoms in total. The highest BCUT2D eigenvalue weighted by molar-refractivity contribution is 6.04. The topological polar surface area (TPSA) is 61.3 Å². The van der Waals surface area contributed by atoms with Crippen LogP contribution >= 0.6 is 0 Å². The first kappa shape index (κ1) is 15.3. The van der Waals surface area contributed by atoms with E-state index in [0.29, 0.717) is 6.04 Å². The first-order valence-corrected chi connectivity index (χ1v) is 8.55. The number of rotatable bonds is 5. The molecule has 3 N–H and O–H groups in total. The first-order chi connectivity index (χ1) is 10.8. The second-order valence-electron chi connectivity index (χ2n) is 6.32. The van der Waals surface area contributed by atoms with Gasteiger partial charge >= 0.3 is 0 Å². The molecule has 3 rings (SSSR count). The summed E-state index contributed by atoms with van der Waals surface area (Å²) in [6.45, 7) is 2.22. The number of aliphatic imine (C=N–C) groups is 1. The van der Waals surface area contributed by atoms with Gasteiger partial charge < -0.3 is 10.6 Å². The van der Waals surface area contributed by atoms with Crippen molar-refractivity contribution in [3.05, 3.63) is 24.0 Å². The number of pyridine rings is 1. The van der Waals surface area contributed by atoms with E-state index in [1.54, 1.807) is 0 Å². The van der Waals surface area contributed by atoms with Crippen molar-refractivity contribution >= 4 is 11.5 Å². The van der Waals surface area contributed by atoms with Crippen molar-refractivity contribution in [1.29, 1.82) is 0 Å². The number of anilines is 1. The van der Waals surface area contributed by atoms with Gasteiger partial charge in [-0.1, -0.05) is 26.2 Å². The second-order valence-corrected chi connectivity index (χ2v) is 6.32. The summed E-state index contributed by atoms with van der Waals surface area (Å²) in [4.78, 5) is 9.53. The molecule has 22 heavy (non-hydrogen) atoms. The highest BCUT2D eigenvalue weighted by atomic mass is 15.4. The van der Waals surface area contributed by atoms with Crippen LogP contribution < -0.4 is 16.0 Å². The van der Waals surface area contributed by atoms with Crippen molar-refractivity contribution in [3.63, 3.8) is 0 Å². The quantitative estimate of drug-likeness (QED) is 0.782. The zero-order valence-electron chi connectivity index (χ0n) is 13.7. The molecule has 1 aliphatic carbocycles. The van der Waals surface area contributed by atoms with Crippen molar-refractivity contribution < 1.29 is 0 Å². The molecule has 1 saturated carbocycles. The van der Waals surface area contributed by atoms with E-state index in [4.69, 9.17) is 4.99 Å². The summed E-state index contributed by atoms with van der Waals surface area (Å²) in [6.07, 6.45) is 10.1. The fourth-order valence-electron chi connectivity index (χ4n) is 3.34. The standard InChI is InChI=1S/C17H27N5/c1-3-4-11-17(18-2)21-14-10-7-12-19-15(14)16(22-17)20-13-8-5-6-9-13/h7,10,12-13,18,21H,3-6,8-9,11H2,1-2H3,(H,20,22). The van der Waals surface area contributed by atoms with Gasteiger partial charge in [0.25, 0.3) is 0 Å². The van der Waals surface area contributed by atoms with E-state index in [1.807, 2.05) is 19.3 Å². The molecule has 0 spiro atoms. The SMILES string of the molecule is CCCCC1(NC)NC(=NC2CCCC2)c2ncccc2N1. The molecule has 5 heteroatoms. The average Bonchev–Trinajstić information content (AvgIpc) is 3.06. The van der Waals surface area contributed by atoms with E-state index < -0.39 is 0 Å². The highest BCUT2D eigenvalue weighted by Crippen LogP contribution is 2.27. The van der Waals surface area contributed by atoms with Crippen LogP contribution in [-0.4, -0.2) is 29.7 Å². The van der Waals surface area contributed by atoms with E-state index in [-0.39, 0.29) is 5.79 Å². The van der Waals surface area contributed by atoms with Gasteiger partial charge in [0.05, 0.1) is 11.7 Å². The minimum absolute atomic E-state index is 0.330. The first-order valence-electron chi connectivity index (χ1n) is 8.55. The van der Waals surface area contributed by atoms with Gasteiger partial charge in [-0.15, -0.1) is 0 Å². The van der Waals surface area contributed by atoms with Crippen molar-refractivity contribution in [2.75, 3.05) is 12.4 Å². The monoisotopic (exact) mass is 301 g/mol. The molecule has 0 radical (unpaired) electrons. The molecule has 0 bridgehead atoms. The van der Waals surface area contributed by atoms with Gasteiger partial charge in [0.15, 0.2) is 11.6 Å². The number of unbranched alkanes of at least 4 members (excludes halogenated alkanes) is 1. The summed E-state index contributed by atoms with van der Waals surface area (Å²) in [5.74, 6) is 0.607. The van der Waals surface area contributed by atoms with Gasteiger partial charge in [-0.05, 0) is 38.4 Å². The number of hydrogen-bond acceptors (Lipinski definition) is 4. The fourth-order valence-corrected chi connectivity index (χ4v) is 3.34. The van der Waals surface area contributed by atoms with Crippen LogP contribution in [0.4, 0.5) is 5.69 Å². The molecule has 1 aromatic heterocycles. The van der Waals surface area contributed by atoms with Crippen LogP contribution in [0, 0.1) is 0 Å². The molecule has 1 aliphatic heterocycles. The third-order valence-electron chi connectivity index (χ3n) is 4.68. The molecule has 0 aromatic carbocycles. The Morgan fingerprint density at radius 2 is 2.18 bits per heavy atom. The maximum absolute atomic E-state index is 4.99. The lowest BCUT2D eigenvalue weighted by Crippen LogP contribution is -2.65. The average molecular weight is 301 g/mol. The normalized spacial score (nSPS) is 26.5. The number of hydrogen-bond donors (Lipinski definition) is 3. The van der Waals surface area contributed by atoms with E-state index >= 15 is 0 Å². The molecule has 1 aromatic rings. The van der Waals surface area contributed by atoms with Gasteiger partial charge in [0, 0.05) is 12.6 Å². The lowest BCUT2D eigenvalue weighted by Gasteiger charge is -2.41. The number of fused-ring (bicyclic) bond motifs is 1. The van der Waals surface area contributed by atoms with Crippen LogP contribution in [0.15, 0.2) is 23.3 Å². The molecule has 2 heterocycles. The highest BCUT2D eigenvalue weighted by Gasteiger charge is 2.35. The molecule has 0 saturated heterocycles. The van der Waals surface area contributed by atoms with Crippen LogP contribution in [0.1, 0.15) is 57.6 Å². The van der Waals surface area contributed by atoms with Gasteiger partial charge in [0.2, 0.25) is 0 Å². The smallest absolute Gasteiger partial charge is 0.165 e. The molecular weight excluding hydrogens is 274 g/mol. The van der Waals surface area contributed by atoms with Crippen molar-refractivity contribution in [2.24, 2.45) is 4.99 Å². The number of nitrogens with zero attached hydrogens (tertiary/aromatic N) is 2. The third kappa shape index (κ3) is 3.09. The number of amidine groups is 1.